The average Bonchev–Trinajstić information content (AvgIpc) is 2.58. The second kappa shape index (κ2) is 3.73. The van der Waals surface area contributed by atoms with Gasteiger partial charge in [-0.25, -0.2) is 0 Å². The molecule has 0 aromatic heterocycles. The first-order valence-electron chi connectivity index (χ1n) is 4.69. The van der Waals surface area contributed by atoms with Gasteiger partial charge in [0.05, 0.1) is 6.10 Å². The molecule has 1 aromatic rings. The van der Waals surface area contributed by atoms with Gasteiger partial charge >= 0.3 is 0 Å². The molecular weight excluding hydrogens is 176 g/mol. The molecule has 1 N–H and O–H groups in total. The first-order valence-corrected chi connectivity index (χ1v) is 4.69. The fourth-order valence-corrected chi connectivity index (χ4v) is 1.87. The van der Waals surface area contributed by atoms with Crippen LogP contribution in [-0.2, 0) is 6.42 Å². The number of rotatable bonds is 2. The largest absolute Gasteiger partial charge is 0.481 e. The number of aryl methyl sites for hydroxylation is 1. The van der Waals surface area contributed by atoms with Crippen LogP contribution in [0.25, 0.3) is 0 Å². The highest BCUT2D eigenvalue weighted by Crippen LogP contribution is 2.37. The Balaban J connectivity index is 2.33. The maximum atomic E-state index is 9.73. The Morgan fingerprint density at radius 3 is 3.21 bits per heavy atom. The molecule has 0 amide bonds. The van der Waals surface area contributed by atoms with Crippen LogP contribution in [0.5, 0.6) is 5.75 Å². The average molecular weight is 188 g/mol. The summed E-state index contributed by atoms with van der Waals surface area (Å²) in [5.41, 5.74) is 2.09. The molecule has 1 atom stereocenters. The maximum absolute atomic E-state index is 9.73. The van der Waals surface area contributed by atoms with Crippen LogP contribution in [0, 0.1) is 12.3 Å². The second-order valence-corrected chi connectivity index (χ2v) is 3.38. The zero-order chi connectivity index (χ0) is 9.97. The highest BCUT2D eigenvalue weighted by atomic mass is 16.5. The molecule has 2 rings (SSSR count). The van der Waals surface area contributed by atoms with Crippen molar-refractivity contribution in [2.75, 3.05) is 6.61 Å². The second-order valence-electron chi connectivity index (χ2n) is 3.38. The van der Waals surface area contributed by atoms with E-state index in [1.165, 1.54) is 5.56 Å². The molecule has 0 radical (unpaired) electrons. The molecule has 1 aliphatic rings. The topological polar surface area (TPSA) is 29.5 Å². The summed E-state index contributed by atoms with van der Waals surface area (Å²) >= 11 is 0. The molecule has 14 heavy (non-hydrogen) atoms. The Bertz CT molecular complexity index is 376. The lowest BCUT2D eigenvalue weighted by molar-refractivity contribution is 0.175. The first-order chi connectivity index (χ1) is 6.83. The van der Waals surface area contributed by atoms with Crippen LogP contribution < -0.4 is 4.74 Å². The smallest absolute Gasteiger partial charge is 0.148 e. The number of hydrogen-bond acceptors (Lipinski definition) is 2. The van der Waals surface area contributed by atoms with Gasteiger partial charge in [-0.05, 0) is 24.5 Å². The Labute approximate surface area is 83.5 Å². The predicted octanol–water partition coefficient (Wildman–Crippen LogP) is 1.68. The normalized spacial score (nSPS) is 18.7. The standard InChI is InChI=1S/C12H12O2/c1-2-8-14-11-5-3-4-9-6-7-10(13)12(9)11/h1,3-5,10,13H,6-8H2/t10-/m1/s1. The van der Waals surface area contributed by atoms with Crippen LogP contribution in [0.1, 0.15) is 23.7 Å². The summed E-state index contributed by atoms with van der Waals surface area (Å²) in [5.74, 6) is 3.15. The van der Waals surface area contributed by atoms with Gasteiger partial charge in [-0.3, -0.25) is 0 Å². The number of hydrogen-bond donors (Lipinski definition) is 1. The first kappa shape index (κ1) is 9.11. The van der Waals surface area contributed by atoms with Gasteiger partial charge in [-0.15, -0.1) is 6.42 Å². The van der Waals surface area contributed by atoms with Crippen molar-refractivity contribution in [1.29, 1.82) is 0 Å². The number of fused-ring (bicyclic) bond motifs is 1. The van der Waals surface area contributed by atoms with Gasteiger partial charge in [0.2, 0.25) is 0 Å². The fraction of sp³-hybridized carbons (Fsp3) is 0.333. The van der Waals surface area contributed by atoms with Gasteiger partial charge in [0, 0.05) is 5.56 Å². The molecule has 1 aliphatic carbocycles. The van der Waals surface area contributed by atoms with Gasteiger partial charge in [0.1, 0.15) is 12.4 Å². The molecule has 0 heterocycles. The van der Waals surface area contributed by atoms with Crippen molar-refractivity contribution in [2.45, 2.75) is 18.9 Å². The molecule has 0 aliphatic heterocycles. The molecular formula is C12H12O2. The molecule has 0 fully saturated rings. The van der Waals surface area contributed by atoms with Crippen LogP contribution in [-0.4, -0.2) is 11.7 Å². The summed E-state index contributed by atoms with van der Waals surface area (Å²) in [7, 11) is 0. The summed E-state index contributed by atoms with van der Waals surface area (Å²) in [6, 6.07) is 5.81. The number of aliphatic hydroxyl groups excluding tert-OH is 1. The van der Waals surface area contributed by atoms with Crippen LogP contribution in [0.4, 0.5) is 0 Å². The molecule has 72 valence electrons. The number of terminal acetylenes is 1. The monoisotopic (exact) mass is 188 g/mol. The maximum Gasteiger partial charge on any atom is 0.148 e. The van der Waals surface area contributed by atoms with Crippen LogP contribution in [0.3, 0.4) is 0 Å². The molecule has 2 nitrogen and oxygen atoms in total. The van der Waals surface area contributed by atoms with E-state index in [2.05, 4.69) is 5.92 Å². The van der Waals surface area contributed by atoms with E-state index in [0.29, 0.717) is 0 Å². The van der Waals surface area contributed by atoms with E-state index >= 15 is 0 Å². The molecule has 2 heteroatoms. The van der Waals surface area contributed by atoms with Gasteiger partial charge < -0.3 is 9.84 Å². The summed E-state index contributed by atoms with van der Waals surface area (Å²) < 4.78 is 5.37. The Kier molecular flexibility index (Phi) is 2.43. The van der Waals surface area contributed by atoms with Crippen molar-refractivity contribution in [2.24, 2.45) is 0 Å². The highest BCUT2D eigenvalue weighted by molar-refractivity contribution is 5.44. The SMILES string of the molecule is C#CCOc1cccc2c1[C@H](O)CC2. The quantitative estimate of drug-likeness (QED) is 0.715. The molecule has 0 saturated heterocycles. The van der Waals surface area contributed by atoms with Gasteiger partial charge in [0.25, 0.3) is 0 Å². The summed E-state index contributed by atoms with van der Waals surface area (Å²) in [4.78, 5) is 0. The van der Waals surface area contributed by atoms with E-state index in [9.17, 15) is 5.11 Å². The zero-order valence-corrected chi connectivity index (χ0v) is 7.86. The minimum atomic E-state index is -0.390. The van der Waals surface area contributed by atoms with Crippen LogP contribution in [0.15, 0.2) is 18.2 Å². The lowest BCUT2D eigenvalue weighted by Gasteiger charge is -2.10. The van der Waals surface area contributed by atoms with E-state index in [1.807, 2.05) is 18.2 Å². The summed E-state index contributed by atoms with van der Waals surface area (Å²) in [5, 5.41) is 9.73. The molecule has 0 saturated carbocycles. The van der Waals surface area contributed by atoms with Crippen molar-refractivity contribution in [1.82, 2.24) is 0 Å². The van der Waals surface area contributed by atoms with Gasteiger partial charge in [-0.1, -0.05) is 18.1 Å². The van der Waals surface area contributed by atoms with E-state index in [4.69, 9.17) is 11.2 Å². The van der Waals surface area contributed by atoms with E-state index in [-0.39, 0.29) is 12.7 Å². The van der Waals surface area contributed by atoms with Crippen molar-refractivity contribution in [3.63, 3.8) is 0 Å². The predicted molar refractivity (Wildman–Crippen MR) is 54.1 cm³/mol. The third-order valence-electron chi connectivity index (χ3n) is 2.49. The van der Waals surface area contributed by atoms with E-state index in [0.717, 1.165) is 24.2 Å². The minimum absolute atomic E-state index is 0.253. The molecule has 1 aromatic carbocycles. The van der Waals surface area contributed by atoms with Crippen LogP contribution >= 0.6 is 0 Å². The lowest BCUT2D eigenvalue weighted by atomic mass is 10.1. The fourth-order valence-electron chi connectivity index (χ4n) is 1.87. The minimum Gasteiger partial charge on any atom is -0.481 e. The molecule has 0 unspecified atom stereocenters. The molecule has 0 spiro atoms. The lowest BCUT2D eigenvalue weighted by Crippen LogP contribution is -2.00. The van der Waals surface area contributed by atoms with Gasteiger partial charge in [0.15, 0.2) is 0 Å². The highest BCUT2D eigenvalue weighted by Gasteiger charge is 2.23. The molecule has 0 bridgehead atoms. The number of ether oxygens (including phenoxy) is 1. The van der Waals surface area contributed by atoms with Crippen molar-refractivity contribution in [3.8, 4) is 18.1 Å². The Hall–Kier alpha value is -1.46. The van der Waals surface area contributed by atoms with Crippen molar-refractivity contribution >= 4 is 0 Å². The summed E-state index contributed by atoms with van der Waals surface area (Å²) in [6.45, 7) is 0.253. The van der Waals surface area contributed by atoms with E-state index < -0.39 is 0 Å². The van der Waals surface area contributed by atoms with Crippen molar-refractivity contribution < 1.29 is 9.84 Å². The number of aliphatic hydroxyl groups is 1. The third-order valence-corrected chi connectivity index (χ3v) is 2.49. The van der Waals surface area contributed by atoms with Crippen molar-refractivity contribution in [3.05, 3.63) is 29.3 Å². The Morgan fingerprint density at radius 1 is 1.57 bits per heavy atom. The third kappa shape index (κ3) is 1.47. The van der Waals surface area contributed by atoms with Crippen LogP contribution in [0.2, 0.25) is 0 Å². The van der Waals surface area contributed by atoms with Gasteiger partial charge in [-0.2, -0.15) is 0 Å². The zero-order valence-electron chi connectivity index (χ0n) is 7.86. The Morgan fingerprint density at radius 2 is 2.43 bits per heavy atom. The summed E-state index contributed by atoms with van der Waals surface area (Å²) in [6.07, 6.45) is 6.43. The number of benzene rings is 1. The van der Waals surface area contributed by atoms with E-state index in [1.54, 1.807) is 0 Å².